The fourth-order valence-corrected chi connectivity index (χ4v) is 1.60. The van der Waals surface area contributed by atoms with Gasteiger partial charge in [0.1, 0.15) is 0 Å². The highest BCUT2D eigenvalue weighted by atomic mass is 16.3. The van der Waals surface area contributed by atoms with E-state index in [9.17, 15) is 5.11 Å². The Morgan fingerprint density at radius 3 is 2.54 bits per heavy atom. The first kappa shape index (κ1) is 10.5. The molecule has 1 unspecified atom stereocenters. The molecule has 1 rings (SSSR count). The van der Waals surface area contributed by atoms with E-state index in [1.54, 1.807) is 0 Å². The molecule has 0 aromatic heterocycles. The second-order valence-electron chi connectivity index (χ2n) is 3.54. The predicted octanol–water partition coefficient (Wildman–Crippen LogP) is -0.425. The van der Waals surface area contributed by atoms with Gasteiger partial charge in [0.15, 0.2) is 0 Å². The van der Waals surface area contributed by atoms with Crippen LogP contribution in [0.5, 0.6) is 0 Å². The molecule has 1 heterocycles. The van der Waals surface area contributed by atoms with Crippen LogP contribution in [-0.4, -0.2) is 47.5 Å². The van der Waals surface area contributed by atoms with E-state index in [1.807, 2.05) is 0 Å². The summed E-state index contributed by atoms with van der Waals surface area (Å²) in [5.41, 5.74) is 0. The average Bonchev–Trinajstić information content (AvgIpc) is 2.19. The molecule has 0 aromatic carbocycles. The second-order valence-corrected chi connectivity index (χ2v) is 3.54. The third kappa shape index (κ3) is 3.31. The Morgan fingerprint density at radius 1 is 1.46 bits per heavy atom. The van der Waals surface area contributed by atoms with Crippen LogP contribution in [-0.2, 0) is 0 Å². The minimum absolute atomic E-state index is 0.182. The molecule has 1 atom stereocenters. The summed E-state index contributed by atoms with van der Waals surface area (Å²) in [4.78, 5) is 2.09. The normalized spacial score (nSPS) is 22.5. The zero-order chi connectivity index (χ0) is 9.68. The first-order chi connectivity index (χ1) is 6.26. The Balaban J connectivity index is 2.22. The van der Waals surface area contributed by atoms with Crippen LogP contribution in [0.15, 0.2) is 0 Å². The van der Waals surface area contributed by atoms with Crippen LogP contribution in [0.25, 0.3) is 0 Å². The molecule has 0 spiro atoms. The van der Waals surface area contributed by atoms with Crippen molar-refractivity contribution in [1.29, 1.82) is 5.26 Å². The Morgan fingerprint density at radius 2 is 2.08 bits per heavy atom. The number of likely N-dealkylation sites (tertiary alicyclic amines) is 1. The van der Waals surface area contributed by atoms with E-state index in [0.29, 0.717) is 6.54 Å². The van der Waals surface area contributed by atoms with E-state index in [4.69, 9.17) is 10.4 Å². The molecule has 4 heteroatoms. The number of aliphatic hydroxyl groups is 2. The van der Waals surface area contributed by atoms with Gasteiger partial charge in [-0.1, -0.05) is 0 Å². The van der Waals surface area contributed by atoms with Crippen molar-refractivity contribution in [3.05, 3.63) is 0 Å². The Bertz CT molecular complexity index is 183. The highest BCUT2D eigenvalue weighted by Crippen LogP contribution is 2.15. The first-order valence-corrected chi connectivity index (χ1v) is 4.67. The smallest absolute Gasteiger partial charge is 0.0897 e. The van der Waals surface area contributed by atoms with Gasteiger partial charge < -0.3 is 15.1 Å². The van der Waals surface area contributed by atoms with Crippen molar-refractivity contribution in [2.24, 2.45) is 5.92 Å². The van der Waals surface area contributed by atoms with Crippen molar-refractivity contribution in [3.8, 4) is 6.07 Å². The Kier molecular flexibility index (Phi) is 4.16. The summed E-state index contributed by atoms with van der Waals surface area (Å²) >= 11 is 0. The summed E-state index contributed by atoms with van der Waals surface area (Å²) in [6.07, 6.45) is 1.13. The molecule has 1 aliphatic heterocycles. The molecule has 13 heavy (non-hydrogen) atoms. The average molecular weight is 184 g/mol. The number of nitrogens with zero attached hydrogens (tertiary/aromatic N) is 2. The highest BCUT2D eigenvalue weighted by molar-refractivity contribution is 4.87. The number of aliphatic hydroxyl groups excluding tert-OH is 2. The fraction of sp³-hybridized carbons (Fsp3) is 0.889. The quantitative estimate of drug-likeness (QED) is 0.625. The van der Waals surface area contributed by atoms with Gasteiger partial charge in [-0.2, -0.15) is 5.26 Å². The molecule has 4 nitrogen and oxygen atoms in total. The molecule has 1 fully saturated rings. The van der Waals surface area contributed by atoms with Crippen molar-refractivity contribution in [3.63, 3.8) is 0 Å². The summed E-state index contributed by atoms with van der Waals surface area (Å²) in [5, 5.41) is 26.5. The Hall–Kier alpha value is -0.630. The lowest BCUT2D eigenvalue weighted by Crippen LogP contribution is -2.39. The molecule has 0 amide bonds. The number of nitriles is 1. The monoisotopic (exact) mass is 184 g/mol. The molecule has 0 saturated carbocycles. The molecule has 0 bridgehead atoms. The van der Waals surface area contributed by atoms with E-state index in [2.05, 4.69) is 11.0 Å². The summed E-state index contributed by atoms with van der Waals surface area (Å²) in [6, 6.07) is 2.25. The van der Waals surface area contributed by atoms with Crippen LogP contribution in [0.1, 0.15) is 12.8 Å². The summed E-state index contributed by atoms with van der Waals surface area (Å²) in [6.45, 7) is 2.05. The molecule has 2 N–H and O–H groups in total. The highest BCUT2D eigenvalue weighted by Gasteiger charge is 2.19. The molecule has 0 aromatic rings. The molecular formula is C9H16N2O2. The molecule has 1 saturated heterocycles. The van der Waals surface area contributed by atoms with E-state index in [0.717, 1.165) is 25.9 Å². The van der Waals surface area contributed by atoms with E-state index < -0.39 is 6.10 Å². The van der Waals surface area contributed by atoms with E-state index >= 15 is 0 Å². The van der Waals surface area contributed by atoms with Gasteiger partial charge >= 0.3 is 0 Å². The van der Waals surface area contributed by atoms with Crippen molar-refractivity contribution in [1.82, 2.24) is 4.90 Å². The van der Waals surface area contributed by atoms with Crippen molar-refractivity contribution < 1.29 is 10.2 Å². The fourth-order valence-electron chi connectivity index (χ4n) is 1.60. The molecule has 74 valence electrons. The van der Waals surface area contributed by atoms with Gasteiger partial charge in [-0.25, -0.2) is 0 Å². The van der Waals surface area contributed by atoms with Crippen LogP contribution in [0.4, 0.5) is 0 Å². The third-order valence-electron chi connectivity index (χ3n) is 2.45. The largest absolute Gasteiger partial charge is 0.394 e. The maximum absolute atomic E-state index is 9.18. The lowest BCUT2D eigenvalue weighted by Gasteiger charge is -2.30. The summed E-state index contributed by atoms with van der Waals surface area (Å²) in [5.74, 6) is 0.183. The number of β-amino-alcohol motifs (C(OH)–C–C–N with tert-alkyl or cyclic N) is 1. The van der Waals surface area contributed by atoms with Crippen molar-refractivity contribution >= 4 is 0 Å². The number of piperidine rings is 1. The van der Waals surface area contributed by atoms with Crippen LogP contribution >= 0.6 is 0 Å². The SMILES string of the molecule is N#CC1CCN(CC(O)CO)CC1. The summed E-state index contributed by atoms with van der Waals surface area (Å²) < 4.78 is 0. The molecule has 0 aliphatic carbocycles. The zero-order valence-electron chi connectivity index (χ0n) is 7.69. The van der Waals surface area contributed by atoms with Gasteiger partial charge in [0.2, 0.25) is 0 Å². The second kappa shape index (κ2) is 5.18. The van der Waals surface area contributed by atoms with Gasteiger partial charge in [-0.3, -0.25) is 0 Å². The molecule has 1 aliphatic rings. The third-order valence-corrected chi connectivity index (χ3v) is 2.45. The maximum atomic E-state index is 9.18. The molecular weight excluding hydrogens is 168 g/mol. The Labute approximate surface area is 78.4 Å². The zero-order valence-corrected chi connectivity index (χ0v) is 7.69. The van der Waals surface area contributed by atoms with Gasteiger partial charge in [0.05, 0.1) is 18.8 Å². The van der Waals surface area contributed by atoms with Crippen molar-refractivity contribution in [2.75, 3.05) is 26.2 Å². The predicted molar refractivity (Wildman–Crippen MR) is 47.9 cm³/mol. The number of hydrogen-bond acceptors (Lipinski definition) is 4. The number of hydrogen-bond donors (Lipinski definition) is 2. The van der Waals surface area contributed by atoms with E-state index in [1.165, 1.54) is 0 Å². The van der Waals surface area contributed by atoms with Gasteiger partial charge in [-0.05, 0) is 25.9 Å². The number of rotatable bonds is 3. The van der Waals surface area contributed by atoms with E-state index in [-0.39, 0.29) is 12.5 Å². The summed E-state index contributed by atoms with van der Waals surface area (Å²) in [7, 11) is 0. The minimum Gasteiger partial charge on any atom is -0.394 e. The van der Waals surface area contributed by atoms with Gasteiger partial charge in [-0.15, -0.1) is 0 Å². The maximum Gasteiger partial charge on any atom is 0.0897 e. The van der Waals surface area contributed by atoms with Gasteiger partial charge in [0.25, 0.3) is 0 Å². The lowest BCUT2D eigenvalue weighted by atomic mass is 9.98. The first-order valence-electron chi connectivity index (χ1n) is 4.67. The topological polar surface area (TPSA) is 67.5 Å². The lowest BCUT2D eigenvalue weighted by molar-refractivity contribution is 0.0503. The van der Waals surface area contributed by atoms with Crippen LogP contribution in [0.3, 0.4) is 0 Å². The van der Waals surface area contributed by atoms with Crippen molar-refractivity contribution in [2.45, 2.75) is 18.9 Å². The van der Waals surface area contributed by atoms with Crippen LogP contribution < -0.4 is 0 Å². The molecule has 0 radical (unpaired) electrons. The van der Waals surface area contributed by atoms with Gasteiger partial charge in [0, 0.05) is 12.5 Å². The van der Waals surface area contributed by atoms with Crippen LogP contribution in [0.2, 0.25) is 0 Å². The standard InChI is InChI=1S/C9H16N2O2/c10-5-8-1-3-11(4-2-8)6-9(13)7-12/h8-9,12-13H,1-4,6-7H2. The minimum atomic E-state index is -0.640. The van der Waals surface area contributed by atoms with Crippen LogP contribution in [0, 0.1) is 17.2 Å².